The van der Waals surface area contributed by atoms with E-state index in [4.69, 9.17) is 9.47 Å². The lowest BCUT2D eigenvalue weighted by Gasteiger charge is -2.11. The highest BCUT2D eigenvalue weighted by molar-refractivity contribution is 5.69. The lowest BCUT2D eigenvalue weighted by Crippen LogP contribution is -2.18. The van der Waals surface area contributed by atoms with Crippen molar-refractivity contribution in [2.75, 3.05) is 13.7 Å². The summed E-state index contributed by atoms with van der Waals surface area (Å²) in [6, 6.07) is 6.87. The molecule has 0 radical (unpaired) electrons. The second-order valence-corrected chi connectivity index (χ2v) is 4.17. The zero-order valence-corrected chi connectivity index (χ0v) is 10.2. The first-order valence-corrected chi connectivity index (χ1v) is 5.79. The Labute approximate surface area is 105 Å². The zero-order valence-electron chi connectivity index (χ0n) is 10.2. The van der Waals surface area contributed by atoms with Crippen LogP contribution in [0, 0.1) is 0 Å². The Morgan fingerprint density at radius 1 is 1.44 bits per heavy atom. The fraction of sp³-hybridized carbons (Fsp3) is 0.462. The second kappa shape index (κ2) is 5.84. The van der Waals surface area contributed by atoms with Crippen LogP contribution in [0.25, 0.3) is 0 Å². The number of ether oxygens (including phenoxy) is 3. The van der Waals surface area contributed by atoms with Crippen molar-refractivity contribution in [1.29, 1.82) is 0 Å². The Hall–Kier alpha value is -1.59. The minimum Gasteiger partial charge on any atom is -0.508 e. The molecule has 5 nitrogen and oxygen atoms in total. The van der Waals surface area contributed by atoms with E-state index in [0.29, 0.717) is 13.0 Å². The molecule has 2 unspecified atom stereocenters. The molecular formula is C13H16O5. The maximum absolute atomic E-state index is 11.1. The van der Waals surface area contributed by atoms with Gasteiger partial charge in [0.15, 0.2) is 6.29 Å². The molecule has 1 fully saturated rings. The third kappa shape index (κ3) is 3.45. The number of phenolic OH excluding ortho intramolecular Hbond substituents is 1. The van der Waals surface area contributed by atoms with Gasteiger partial charge in [0.2, 0.25) is 0 Å². The number of esters is 1. The van der Waals surface area contributed by atoms with Gasteiger partial charge < -0.3 is 19.3 Å². The number of phenols is 1. The molecule has 1 N–H and O–H groups in total. The average molecular weight is 252 g/mol. The van der Waals surface area contributed by atoms with E-state index in [2.05, 4.69) is 4.74 Å². The van der Waals surface area contributed by atoms with Gasteiger partial charge in [0.25, 0.3) is 0 Å². The number of carbonyl (C=O) groups excluding carboxylic acids is 1. The summed E-state index contributed by atoms with van der Waals surface area (Å²) in [6.45, 7) is 0.401. The van der Waals surface area contributed by atoms with Gasteiger partial charge in [-0.25, -0.2) is 0 Å². The fourth-order valence-corrected chi connectivity index (χ4v) is 1.82. The smallest absolute Gasteiger partial charge is 0.308 e. The molecule has 1 aliphatic rings. The fourth-order valence-electron chi connectivity index (χ4n) is 1.82. The van der Waals surface area contributed by atoms with Crippen LogP contribution in [0.5, 0.6) is 5.75 Å². The molecular weight excluding hydrogens is 236 g/mol. The molecule has 2 atom stereocenters. The molecule has 0 spiro atoms. The van der Waals surface area contributed by atoms with Crippen LogP contribution in [0.3, 0.4) is 0 Å². The standard InChI is InChI=1S/C13H16O5/c1-16-12(15)7-11-8-17-13(18-11)6-9-2-4-10(14)5-3-9/h2-5,11,13-14H,6-8H2,1H3. The van der Waals surface area contributed by atoms with Gasteiger partial charge >= 0.3 is 5.97 Å². The van der Waals surface area contributed by atoms with Gasteiger partial charge in [0, 0.05) is 6.42 Å². The highest BCUT2D eigenvalue weighted by atomic mass is 16.7. The van der Waals surface area contributed by atoms with Crippen molar-refractivity contribution in [1.82, 2.24) is 0 Å². The number of carbonyl (C=O) groups is 1. The Bertz CT molecular complexity index is 400. The van der Waals surface area contributed by atoms with E-state index in [-0.39, 0.29) is 30.5 Å². The molecule has 0 amide bonds. The van der Waals surface area contributed by atoms with Crippen LogP contribution in [0.4, 0.5) is 0 Å². The SMILES string of the molecule is COC(=O)CC1COC(Cc2ccc(O)cc2)O1. The third-order valence-electron chi connectivity index (χ3n) is 2.77. The van der Waals surface area contributed by atoms with Crippen molar-refractivity contribution in [2.45, 2.75) is 25.2 Å². The summed E-state index contributed by atoms with van der Waals surface area (Å²) in [7, 11) is 1.35. The van der Waals surface area contributed by atoms with E-state index in [1.165, 1.54) is 7.11 Å². The number of hydrogen-bond donors (Lipinski definition) is 1. The Morgan fingerprint density at radius 2 is 2.17 bits per heavy atom. The van der Waals surface area contributed by atoms with Gasteiger partial charge in [0.05, 0.1) is 26.2 Å². The van der Waals surface area contributed by atoms with E-state index in [1.807, 2.05) is 12.1 Å². The lowest BCUT2D eigenvalue weighted by molar-refractivity contribution is -0.143. The molecule has 1 heterocycles. The van der Waals surface area contributed by atoms with Gasteiger partial charge in [-0.05, 0) is 17.7 Å². The van der Waals surface area contributed by atoms with Crippen LogP contribution in [0.15, 0.2) is 24.3 Å². The highest BCUT2D eigenvalue weighted by Gasteiger charge is 2.28. The molecule has 1 aromatic rings. The number of aromatic hydroxyl groups is 1. The molecule has 1 aliphatic heterocycles. The Kier molecular flexibility index (Phi) is 4.17. The maximum atomic E-state index is 11.1. The van der Waals surface area contributed by atoms with Crippen LogP contribution in [-0.4, -0.2) is 37.2 Å². The molecule has 0 bridgehead atoms. The summed E-state index contributed by atoms with van der Waals surface area (Å²) in [5.41, 5.74) is 1.01. The minimum atomic E-state index is -0.343. The van der Waals surface area contributed by atoms with Crippen LogP contribution < -0.4 is 0 Å². The van der Waals surface area contributed by atoms with E-state index >= 15 is 0 Å². The third-order valence-corrected chi connectivity index (χ3v) is 2.77. The van der Waals surface area contributed by atoms with Gasteiger partial charge in [-0.1, -0.05) is 12.1 Å². The van der Waals surface area contributed by atoms with E-state index in [0.717, 1.165) is 5.56 Å². The first kappa shape index (κ1) is 12.9. The molecule has 0 aromatic heterocycles. The molecule has 18 heavy (non-hydrogen) atoms. The Morgan fingerprint density at radius 3 is 2.83 bits per heavy atom. The van der Waals surface area contributed by atoms with Crippen molar-refractivity contribution in [3.05, 3.63) is 29.8 Å². The molecule has 5 heteroatoms. The van der Waals surface area contributed by atoms with Crippen molar-refractivity contribution in [3.8, 4) is 5.75 Å². The summed E-state index contributed by atoms with van der Waals surface area (Å²) < 4.78 is 15.6. The monoisotopic (exact) mass is 252 g/mol. The van der Waals surface area contributed by atoms with Gasteiger partial charge in [-0.3, -0.25) is 4.79 Å². The average Bonchev–Trinajstić information content (AvgIpc) is 2.79. The van der Waals surface area contributed by atoms with Gasteiger partial charge in [0.1, 0.15) is 5.75 Å². The normalized spacial score (nSPS) is 22.9. The molecule has 2 rings (SSSR count). The van der Waals surface area contributed by atoms with Crippen molar-refractivity contribution in [3.63, 3.8) is 0 Å². The second-order valence-electron chi connectivity index (χ2n) is 4.17. The number of hydrogen-bond acceptors (Lipinski definition) is 5. The summed E-state index contributed by atoms with van der Waals surface area (Å²) in [6.07, 6.45) is 0.226. The molecule has 1 saturated heterocycles. The number of benzene rings is 1. The maximum Gasteiger partial charge on any atom is 0.308 e. The topological polar surface area (TPSA) is 65.0 Å². The highest BCUT2D eigenvalue weighted by Crippen LogP contribution is 2.19. The molecule has 0 aliphatic carbocycles. The number of methoxy groups -OCH3 is 1. The largest absolute Gasteiger partial charge is 0.508 e. The van der Waals surface area contributed by atoms with Crippen molar-refractivity contribution >= 4 is 5.97 Å². The summed E-state index contributed by atoms with van der Waals surface area (Å²) >= 11 is 0. The minimum absolute atomic E-state index is 0.211. The Balaban J connectivity index is 1.82. The summed E-state index contributed by atoms with van der Waals surface area (Å²) in [5.74, 6) is -0.0653. The van der Waals surface area contributed by atoms with Crippen molar-refractivity contribution in [2.24, 2.45) is 0 Å². The lowest BCUT2D eigenvalue weighted by atomic mass is 10.1. The van der Waals surface area contributed by atoms with E-state index < -0.39 is 0 Å². The molecule has 98 valence electrons. The predicted octanol–water partition coefficient (Wildman–Crippen LogP) is 1.24. The first-order valence-electron chi connectivity index (χ1n) is 5.79. The predicted molar refractivity (Wildman–Crippen MR) is 63.1 cm³/mol. The number of rotatable bonds is 4. The summed E-state index contributed by atoms with van der Waals surface area (Å²) in [5, 5.41) is 9.17. The quantitative estimate of drug-likeness (QED) is 0.817. The summed E-state index contributed by atoms with van der Waals surface area (Å²) in [4.78, 5) is 11.1. The van der Waals surface area contributed by atoms with Gasteiger partial charge in [-0.15, -0.1) is 0 Å². The van der Waals surface area contributed by atoms with Crippen LogP contribution in [0.2, 0.25) is 0 Å². The first-order chi connectivity index (χ1) is 8.67. The van der Waals surface area contributed by atoms with Crippen LogP contribution in [0.1, 0.15) is 12.0 Å². The van der Waals surface area contributed by atoms with E-state index in [9.17, 15) is 9.90 Å². The molecule has 1 aromatic carbocycles. The molecule has 0 saturated carbocycles. The zero-order chi connectivity index (χ0) is 13.0. The van der Waals surface area contributed by atoms with Gasteiger partial charge in [-0.2, -0.15) is 0 Å². The van der Waals surface area contributed by atoms with Crippen LogP contribution in [-0.2, 0) is 25.4 Å². The van der Waals surface area contributed by atoms with Crippen molar-refractivity contribution < 1.29 is 24.1 Å². The van der Waals surface area contributed by atoms with Crippen LogP contribution >= 0.6 is 0 Å². The van der Waals surface area contributed by atoms with E-state index in [1.54, 1.807) is 12.1 Å².